The van der Waals surface area contributed by atoms with E-state index in [-0.39, 0.29) is 12.2 Å². The van der Waals surface area contributed by atoms with Crippen LogP contribution >= 0.6 is 0 Å². The van der Waals surface area contributed by atoms with E-state index in [0.717, 1.165) is 19.1 Å². The molecule has 2 fully saturated rings. The van der Waals surface area contributed by atoms with Crippen LogP contribution in [0.25, 0.3) is 0 Å². The van der Waals surface area contributed by atoms with E-state index in [9.17, 15) is 0 Å². The fourth-order valence-corrected chi connectivity index (χ4v) is 2.65. The van der Waals surface area contributed by atoms with Crippen molar-refractivity contribution in [1.82, 2.24) is 0 Å². The van der Waals surface area contributed by atoms with E-state index in [0.29, 0.717) is 13.2 Å². The largest absolute Gasteiger partial charge is 0.376 e. The average Bonchev–Trinajstić information content (AvgIpc) is 2.76. The SMILES string of the molecule is CCOC1COC[C@H]1OCC1CCCCC1. The number of rotatable bonds is 5. The molecule has 3 nitrogen and oxygen atoms in total. The molecular weight excluding hydrogens is 204 g/mol. The molecule has 2 aliphatic rings. The summed E-state index contributed by atoms with van der Waals surface area (Å²) in [7, 11) is 0. The average molecular weight is 228 g/mol. The standard InChI is InChI=1S/C13H24O3/c1-2-15-12-9-14-10-13(12)16-8-11-6-4-3-5-7-11/h11-13H,2-10H2,1H3/t12?,13-/m1/s1. The van der Waals surface area contributed by atoms with Crippen molar-refractivity contribution >= 4 is 0 Å². The van der Waals surface area contributed by atoms with Crippen molar-refractivity contribution < 1.29 is 14.2 Å². The Balaban J connectivity index is 1.67. The molecule has 3 heteroatoms. The lowest BCUT2D eigenvalue weighted by molar-refractivity contribution is -0.0555. The van der Waals surface area contributed by atoms with Crippen LogP contribution in [0.4, 0.5) is 0 Å². The van der Waals surface area contributed by atoms with E-state index in [4.69, 9.17) is 14.2 Å². The molecular formula is C13H24O3. The molecule has 1 unspecified atom stereocenters. The van der Waals surface area contributed by atoms with Crippen LogP contribution in [0.1, 0.15) is 39.0 Å². The zero-order valence-corrected chi connectivity index (χ0v) is 10.3. The number of ether oxygens (including phenoxy) is 3. The molecule has 0 N–H and O–H groups in total. The summed E-state index contributed by atoms with van der Waals surface area (Å²) in [5, 5.41) is 0. The number of hydrogen-bond donors (Lipinski definition) is 0. The molecule has 1 aliphatic heterocycles. The van der Waals surface area contributed by atoms with Gasteiger partial charge in [-0.25, -0.2) is 0 Å². The first kappa shape index (κ1) is 12.3. The van der Waals surface area contributed by atoms with Gasteiger partial charge in [0.05, 0.1) is 19.8 Å². The van der Waals surface area contributed by atoms with E-state index in [1.807, 2.05) is 6.92 Å². The highest BCUT2D eigenvalue weighted by molar-refractivity contribution is 4.77. The third kappa shape index (κ3) is 3.44. The fourth-order valence-electron chi connectivity index (χ4n) is 2.65. The van der Waals surface area contributed by atoms with Crippen molar-refractivity contribution in [2.45, 2.75) is 51.2 Å². The normalized spacial score (nSPS) is 32.1. The van der Waals surface area contributed by atoms with Crippen molar-refractivity contribution in [1.29, 1.82) is 0 Å². The van der Waals surface area contributed by atoms with Gasteiger partial charge in [-0.15, -0.1) is 0 Å². The minimum absolute atomic E-state index is 0.161. The smallest absolute Gasteiger partial charge is 0.109 e. The third-order valence-corrected chi connectivity index (χ3v) is 3.63. The predicted molar refractivity (Wildman–Crippen MR) is 62.5 cm³/mol. The molecule has 0 aromatic rings. The molecule has 1 aliphatic carbocycles. The summed E-state index contributed by atoms with van der Waals surface area (Å²) in [6.45, 7) is 5.08. The summed E-state index contributed by atoms with van der Waals surface area (Å²) in [6.07, 6.45) is 7.17. The summed E-state index contributed by atoms with van der Waals surface area (Å²) in [6, 6.07) is 0. The molecule has 2 rings (SSSR count). The lowest BCUT2D eigenvalue weighted by Gasteiger charge is -2.24. The van der Waals surface area contributed by atoms with Crippen LogP contribution in [0.5, 0.6) is 0 Å². The molecule has 1 saturated carbocycles. The minimum Gasteiger partial charge on any atom is -0.376 e. The van der Waals surface area contributed by atoms with Gasteiger partial charge < -0.3 is 14.2 Å². The van der Waals surface area contributed by atoms with Gasteiger partial charge in [0.15, 0.2) is 0 Å². The summed E-state index contributed by atoms with van der Waals surface area (Å²) >= 11 is 0. The molecule has 0 amide bonds. The van der Waals surface area contributed by atoms with Gasteiger partial charge in [0.1, 0.15) is 12.2 Å². The first-order chi connectivity index (χ1) is 7.90. The Hall–Kier alpha value is -0.120. The van der Waals surface area contributed by atoms with Crippen LogP contribution in [0.15, 0.2) is 0 Å². The van der Waals surface area contributed by atoms with Crippen molar-refractivity contribution in [2.75, 3.05) is 26.4 Å². The maximum atomic E-state index is 5.96. The van der Waals surface area contributed by atoms with Crippen LogP contribution in [0, 0.1) is 5.92 Å². The Kier molecular flexibility index (Phi) is 5.07. The maximum Gasteiger partial charge on any atom is 0.109 e. The molecule has 0 spiro atoms. The van der Waals surface area contributed by atoms with Crippen LogP contribution in [-0.4, -0.2) is 38.6 Å². The highest BCUT2D eigenvalue weighted by atomic mass is 16.6. The summed E-state index contributed by atoms with van der Waals surface area (Å²) in [4.78, 5) is 0. The van der Waals surface area contributed by atoms with Gasteiger partial charge in [-0.05, 0) is 25.7 Å². The van der Waals surface area contributed by atoms with Gasteiger partial charge in [-0.1, -0.05) is 19.3 Å². The molecule has 0 aromatic carbocycles. The van der Waals surface area contributed by atoms with Crippen molar-refractivity contribution in [3.8, 4) is 0 Å². The second-order valence-corrected chi connectivity index (χ2v) is 4.91. The lowest BCUT2D eigenvalue weighted by atomic mass is 9.90. The van der Waals surface area contributed by atoms with Crippen molar-refractivity contribution in [3.05, 3.63) is 0 Å². The zero-order chi connectivity index (χ0) is 11.2. The molecule has 2 atom stereocenters. The lowest BCUT2D eigenvalue weighted by Crippen LogP contribution is -2.32. The summed E-state index contributed by atoms with van der Waals surface area (Å²) < 4.78 is 17.0. The molecule has 1 heterocycles. The first-order valence-electron chi connectivity index (χ1n) is 6.71. The second-order valence-electron chi connectivity index (χ2n) is 4.91. The molecule has 94 valence electrons. The summed E-state index contributed by atoms with van der Waals surface area (Å²) in [5.74, 6) is 0.775. The highest BCUT2D eigenvalue weighted by Gasteiger charge is 2.30. The van der Waals surface area contributed by atoms with E-state index in [1.54, 1.807) is 0 Å². The third-order valence-electron chi connectivity index (χ3n) is 3.63. The van der Waals surface area contributed by atoms with Crippen LogP contribution in [-0.2, 0) is 14.2 Å². The van der Waals surface area contributed by atoms with E-state index < -0.39 is 0 Å². The highest BCUT2D eigenvalue weighted by Crippen LogP contribution is 2.25. The predicted octanol–water partition coefficient (Wildman–Crippen LogP) is 2.39. The van der Waals surface area contributed by atoms with E-state index >= 15 is 0 Å². The van der Waals surface area contributed by atoms with Crippen LogP contribution in [0.3, 0.4) is 0 Å². The quantitative estimate of drug-likeness (QED) is 0.723. The topological polar surface area (TPSA) is 27.7 Å². The number of hydrogen-bond acceptors (Lipinski definition) is 3. The van der Waals surface area contributed by atoms with E-state index in [2.05, 4.69) is 0 Å². The Labute approximate surface area is 98.4 Å². The van der Waals surface area contributed by atoms with Crippen LogP contribution < -0.4 is 0 Å². The molecule has 0 aromatic heterocycles. The Bertz CT molecular complexity index is 190. The first-order valence-corrected chi connectivity index (χ1v) is 6.71. The van der Waals surface area contributed by atoms with Gasteiger partial charge in [0.2, 0.25) is 0 Å². The maximum absolute atomic E-state index is 5.96. The zero-order valence-electron chi connectivity index (χ0n) is 10.3. The Morgan fingerprint density at radius 2 is 1.69 bits per heavy atom. The molecule has 1 saturated heterocycles. The molecule has 0 bridgehead atoms. The van der Waals surface area contributed by atoms with Gasteiger partial charge >= 0.3 is 0 Å². The Morgan fingerprint density at radius 3 is 2.38 bits per heavy atom. The molecule has 16 heavy (non-hydrogen) atoms. The van der Waals surface area contributed by atoms with Gasteiger partial charge in [-0.3, -0.25) is 0 Å². The van der Waals surface area contributed by atoms with Crippen molar-refractivity contribution in [2.24, 2.45) is 5.92 Å². The minimum atomic E-state index is 0.161. The Morgan fingerprint density at radius 1 is 1.00 bits per heavy atom. The van der Waals surface area contributed by atoms with Gasteiger partial charge in [0, 0.05) is 6.61 Å². The summed E-state index contributed by atoms with van der Waals surface area (Å²) in [5.41, 5.74) is 0. The van der Waals surface area contributed by atoms with Gasteiger partial charge in [0.25, 0.3) is 0 Å². The molecule has 0 radical (unpaired) electrons. The van der Waals surface area contributed by atoms with Crippen LogP contribution in [0.2, 0.25) is 0 Å². The van der Waals surface area contributed by atoms with E-state index in [1.165, 1.54) is 32.1 Å². The van der Waals surface area contributed by atoms with Crippen molar-refractivity contribution in [3.63, 3.8) is 0 Å². The second kappa shape index (κ2) is 6.58. The monoisotopic (exact) mass is 228 g/mol. The fraction of sp³-hybridized carbons (Fsp3) is 1.00. The van der Waals surface area contributed by atoms with Gasteiger partial charge in [-0.2, -0.15) is 0 Å².